The minimum atomic E-state index is -3.69. The zero-order valence-electron chi connectivity index (χ0n) is 18.2. The van der Waals surface area contributed by atoms with Crippen LogP contribution in [0.1, 0.15) is 23.6 Å². The number of aromatic nitrogens is 1. The Morgan fingerprint density at radius 1 is 0.968 bits per heavy atom. The number of fused-ring (bicyclic) bond motifs is 1. The fourth-order valence-electron chi connectivity index (χ4n) is 4.10. The van der Waals surface area contributed by atoms with Crippen molar-refractivity contribution in [3.63, 3.8) is 0 Å². The number of benzene rings is 2. The summed E-state index contributed by atoms with van der Waals surface area (Å²) in [6.07, 6.45) is 1.70. The average Bonchev–Trinajstić information content (AvgIpc) is 2.78. The number of hydrogen-bond donors (Lipinski definition) is 1. The van der Waals surface area contributed by atoms with Gasteiger partial charge in [-0.15, -0.1) is 0 Å². The summed E-state index contributed by atoms with van der Waals surface area (Å²) in [5.41, 5.74) is 3.68. The van der Waals surface area contributed by atoms with Crippen LogP contribution in [0.5, 0.6) is 0 Å². The molecule has 1 aliphatic heterocycles. The molecule has 2 heterocycles. The molecule has 1 aromatic heterocycles. The number of pyridine rings is 1. The Bertz CT molecular complexity index is 1160. The molecule has 4 rings (SSSR count). The normalized spacial score (nSPS) is 16.1. The van der Waals surface area contributed by atoms with E-state index >= 15 is 0 Å². The summed E-state index contributed by atoms with van der Waals surface area (Å²) in [5.74, 6) is 0. The minimum Gasteiger partial charge on any atom is -0.301 e. The second-order valence-corrected chi connectivity index (χ2v) is 9.88. The van der Waals surface area contributed by atoms with Crippen molar-refractivity contribution in [3.05, 3.63) is 71.4 Å². The molecule has 31 heavy (non-hydrogen) atoms. The largest absolute Gasteiger partial charge is 0.301 e. The lowest BCUT2D eigenvalue weighted by Gasteiger charge is -2.34. The van der Waals surface area contributed by atoms with Gasteiger partial charge in [-0.2, -0.15) is 0 Å². The third-order valence-corrected chi connectivity index (χ3v) is 7.41. The highest BCUT2D eigenvalue weighted by atomic mass is 32.2. The van der Waals surface area contributed by atoms with Crippen molar-refractivity contribution in [2.75, 3.05) is 32.7 Å². The zero-order valence-corrected chi connectivity index (χ0v) is 19.0. The first-order valence-corrected chi connectivity index (χ1v) is 12.3. The van der Waals surface area contributed by atoms with Crippen molar-refractivity contribution in [1.82, 2.24) is 19.5 Å². The van der Waals surface area contributed by atoms with E-state index in [-0.39, 0.29) is 11.4 Å². The number of piperazine rings is 1. The summed E-state index contributed by atoms with van der Waals surface area (Å²) in [6.45, 7) is 10.6. The number of aryl methyl sites for hydroxylation is 1. The molecule has 0 radical (unpaired) electrons. The summed E-state index contributed by atoms with van der Waals surface area (Å²) in [4.78, 5) is 9.50. The first kappa shape index (κ1) is 21.9. The van der Waals surface area contributed by atoms with Crippen LogP contribution < -0.4 is 4.72 Å². The molecule has 0 amide bonds. The smallest absolute Gasteiger partial charge is 0.243 e. The van der Waals surface area contributed by atoms with Crippen LogP contribution in [0.25, 0.3) is 10.9 Å². The minimum absolute atomic E-state index is 0.221. The fraction of sp³-hybridized carbons (Fsp3) is 0.375. The summed E-state index contributed by atoms with van der Waals surface area (Å²) in [5, 5.41) is 0.828. The number of nitrogens with one attached hydrogen (secondary N) is 1. The maximum Gasteiger partial charge on any atom is 0.243 e. The van der Waals surface area contributed by atoms with Gasteiger partial charge >= 0.3 is 0 Å². The first-order valence-electron chi connectivity index (χ1n) is 10.8. The van der Waals surface area contributed by atoms with E-state index < -0.39 is 10.0 Å². The monoisotopic (exact) mass is 438 g/mol. The van der Waals surface area contributed by atoms with Gasteiger partial charge in [0.15, 0.2) is 0 Å². The molecule has 0 saturated carbocycles. The molecule has 0 unspecified atom stereocenters. The summed E-state index contributed by atoms with van der Waals surface area (Å²) in [6, 6.07) is 15.3. The highest BCUT2D eigenvalue weighted by Crippen LogP contribution is 2.22. The molecule has 0 spiro atoms. The van der Waals surface area contributed by atoms with Crippen LogP contribution in [0.4, 0.5) is 0 Å². The Morgan fingerprint density at radius 3 is 2.42 bits per heavy atom. The number of hydrogen-bond acceptors (Lipinski definition) is 5. The molecule has 0 aliphatic carbocycles. The number of sulfonamides is 1. The van der Waals surface area contributed by atoms with Crippen LogP contribution in [-0.2, 0) is 23.1 Å². The summed E-state index contributed by atoms with van der Waals surface area (Å²) >= 11 is 0. The van der Waals surface area contributed by atoms with Gasteiger partial charge in [-0.3, -0.25) is 9.88 Å². The average molecular weight is 439 g/mol. The Labute approximate surface area is 184 Å². The van der Waals surface area contributed by atoms with E-state index in [1.54, 1.807) is 18.3 Å². The van der Waals surface area contributed by atoms with E-state index in [9.17, 15) is 8.42 Å². The van der Waals surface area contributed by atoms with Gasteiger partial charge in [0, 0.05) is 50.9 Å². The maximum absolute atomic E-state index is 13.1. The van der Waals surface area contributed by atoms with Crippen molar-refractivity contribution >= 4 is 20.9 Å². The topological polar surface area (TPSA) is 65.5 Å². The van der Waals surface area contributed by atoms with Crippen LogP contribution in [0.15, 0.2) is 59.6 Å². The second-order valence-electron chi connectivity index (χ2n) is 8.14. The van der Waals surface area contributed by atoms with Gasteiger partial charge in [-0.1, -0.05) is 43.3 Å². The van der Waals surface area contributed by atoms with E-state index in [0.29, 0.717) is 5.52 Å². The molecule has 1 aliphatic rings. The number of likely N-dealkylation sites (N-methyl/N-ethyl adjacent to an activating group) is 1. The van der Waals surface area contributed by atoms with Gasteiger partial charge in [0.1, 0.15) is 4.90 Å². The molecular formula is C24H30N4O2S. The number of para-hydroxylation sites is 1. The Kier molecular flexibility index (Phi) is 6.67. The van der Waals surface area contributed by atoms with E-state index in [0.717, 1.165) is 55.8 Å². The lowest BCUT2D eigenvalue weighted by Crippen LogP contribution is -2.45. The molecule has 0 atom stereocenters. The van der Waals surface area contributed by atoms with Crippen molar-refractivity contribution in [1.29, 1.82) is 0 Å². The van der Waals surface area contributed by atoms with Crippen molar-refractivity contribution in [2.45, 2.75) is 31.8 Å². The van der Waals surface area contributed by atoms with Crippen LogP contribution in [0.2, 0.25) is 0 Å². The molecule has 1 saturated heterocycles. The van der Waals surface area contributed by atoms with Crippen LogP contribution in [-0.4, -0.2) is 55.9 Å². The molecule has 0 bridgehead atoms. The highest BCUT2D eigenvalue weighted by molar-refractivity contribution is 7.89. The predicted octanol–water partition coefficient (Wildman–Crippen LogP) is 3.16. The summed E-state index contributed by atoms with van der Waals surface area (Å²) < 4.78 is 29.0. The first-order chi connectivity index (χ1) is 15.0. The molecule has 164 valence electrons. The standard InChI is InChI=1S/C24H30N4O2S/c1-3-27-11-13-28(14-12-27)18-22-8-5-4-7-21(22)17-26-31(29,30)23-10-6-9-20-15-19(2)16-25-24(20)23/h4-10,15-16,26H,3,11-14,17-18H2,1-2H3. The van der Waals surface area contributed by atoms with E-state index in [2.05, 4.69) is 32.5 Å². The van der Waals surface area contributed by atoms with Crippen LogP contribution in [0, 0.1) is 6.92 Å². The van der Waals surface area contributed by atoms with Gasteiger partial charge in [-0.05, 0) is 42.3 Å². The predicted molar refractivity (Wildman–Crippen MR) is 124 cm³/mol. The lowest BCUT2D eigenvalue weighted by molar-refractivity contribution is 0.131. The Balaban J connectivity index is 1.50. The zero-order chi connectivity index (χ0) is 21.8. The summed E-state index contributed by atoms with van der Waals surface area (Å²) in [7, 11) is -3.69. The van der Waals surface area contributed by atoms with Crippen molar-refractivity contribution < 1.29 is 8.42 Å². The highest BCUT2D eigenvalue weighted by Gasteiger charge is 2.20. The molecule has 7 heteroatoms. The Hall–Kier alpha value is -2.32. The van der Waals surface area contributed by atoms with Gasteiger partial charge < -0.3 is 4.90 Å². The fourth-order valence-corrected chi connectivity index (χ4v) is 5.28. The van der Waals surface area contributed by atoms with E-state index in [1.165, 1.54) is 5.56 Å². The van der Waals surface area contributed by atoms with Gasteiger partial charge in [0.05, 0.1) is 5.52 Å². The van der Waals surface area contributed by atoms with E-state index in [4.69, 9.17) is 0 Å². The third-order valence-electron chi connectivity index (χ3n) is 5.98. The molecular weight excluding hydrogens is 408 g/mol. The van der Waals surface area contributed by atoms with E-state index in [1.807, 2.05) is 37.3 Å². The maximum atomic E-state index is 13.1. The quantitative estimate of drug-likeness (QED) is 0.614. The van der Waals surface area contributed by atoms with Gasteiger partial charge in [0.2, 0.25) is 10.0 Å². The SMILES string of the molecule is CCN1CCN(Cc2ccccc2CNS(=O)(=O)c2cccc3cc(C)cnc23)CC1. The second kappa shape index (κ2) is 9.44. The molecule has 3 aromatic rings. The van der Waals surface area contributed by atoms with Gasteiger partial charge in [0.25, 0.3) is 0 Å². The number of rotatable bonds is 7. The third kappa shape index (κ3) is 5.13. The Morgan fingerprint density at radius 2 is 1.68 bits per heavy atom. The number of nitrogens with zero attached hydrogens (tertiary/aromatic N) is 3. The van der Waals surface area contributed by atoms with Crippen LogP contribution in [0.3, 0.4) is 0 Å². The van der Waals surface area contributed by atoms with Crippen molar-refractivity contribution in [3.8, 4) is 0 Å². The lowest BCUT2D eigenvalue weighted by atomic mass is 10.1. The molecule has 2 aromatic carbocycles. The van der Waals surface area contributed by atoms with Gasteiger partial charge in [-0.25, -0.2) is 13.1 Å². The molecule has 6 nitrogen and oxygen atoms in total. The van der Waals surface area contributed by atoms with Crippen molar-refractivity contribution in [2.24, 2.45) is 0 Å². The molecule has 1 N–H and O–H groups in total. The molecule has 1 fully saturated rings. The van der Waals surface area contributed by atoms with Crippen LogP contribution >= 0.6 is 0 Å².